The van der Waals surface area contributed by atoms with Crippen molar-refractivity contribution >= 4 is 17.9 Å². The number of carbonyl (C=O) groups is 3. The second-order valence-electron chi connectivity index (χ2n) is 24.5. The molecule has 0 amide bonds. The average molecular weight is 1160 g/mol. The summed E-state index contributed by atoms with van der Waals surface area (Å²) in [6, 6.07) is 0. The first kappa shape index (κ1) is 79.8. The van der Waals surface area contributed by atoms with Gasteiger partial charge >= 0.3 is 17.9 Å². The fourth-order valence-corrected chi connectivity index (χ4v) is 10.7. The van der Waals surface area contributed by atoms with Gasteiger partial charge in [-0.05, 0) is 116 Å². The molecule has 6 nitrogen and oxygen atoms in total. The summed E-state index contributed by atoms with van der Waals surface area (Å²) in [5, 5.41) is 0. The lowest BCUT2D eigenvalue weighted by atomic mass is 10.0. The van der Waals surface area contributed by atoms with Crippen molar-refractivity contribution in [1.82, 2.24) is 0 Å². The number of unbranched alkanes of at least 4 members (excludes halogenated alkanes) is 44. The Labute approximate surface area is 516 Å². The molecule has 1 unspecified atom stereocenters. The zero-order valence-corrected chi connectivity index (χ0v) is 55.5. The van der Waals surface area contributed by atoms with E-state index in [1.54, 1.807) is 0 Å². The lowest BCUT2D eigenvalue weighted by Crippen LogP contribution is -2.30. The van der Waals surface area contributed by atoms with Crippen molar-refractivity contribution in [3.63, 3.8) is 0 Å². The van der Waals surface area contributed by atoms with Gasteiger partial charge in [-0.3, -0.25) is 14.4 Å². The SMILES string of the molecule is CCCCC/C=C\C/C=C\C/C=C\CCCCCCCCC(=O)OCC(COC(=O)CCCCCCCCCCCCCCC/C=C\CCCCCCCCCC)OC(=O)CCCCCCCCCCC/C=C\C/C=C\CCCCCCC. The quantitative estimate of drug-likeness (QED) is 0.0261. The molecule has 1 atom stereocenters. The Balaban J connectivity index is 4.35. The number of ether oxygens (including phenoxy) is 3. The van der Waals surface area contributed by atoms with Crippen LogP contribution in [-0.2, 0) is 28.6 Å². The smallest absolute Gasteiger partial charge is 0.306 e. The van der Waals surface area contributed by atoms with Gasteiger partial charge < -0.3 is 14.2 Å². The normalized spacial score (nSPS) is 12.5. The van der Waals surface area contributed by atoms with E-state index >= 15 is 0 Å². The molecule has 0 aliphatic heterocycles. The molecule has 0 aromatic heterocycles. The van der Waals surface area contributed by atoms with Crippen LogP contribution in [0, 0.1) is 0 Å². The van der Waals surface area contributed by atoms with Crippen LogP contribution in [0.3, 0.4) is 0 Å². The second-order valence-corrected chi connectivity index (χ2v) is 24.5. The van der Waals surface area contributed by atoms with Crippen LogP contribution in [-0.4, -0.2) is 37.2 Å². The van der Waals surface area contributed by atoms with E-state index in [0.29, 0.717) is 19.3 Å². The monoisotopic (exact) mass is 1160 g/mol. The average Bonchev–Trinajstić information content (AvgIpc) is 3.49. The highest BCUT2D eigenvalue weighted by Gasteiger charge is 2.19. The molecule has 83 heavy (non-hydrogen) atoms. The number of hydrogen-bond donors (Lipinski definition) is 0. The van der Waals surface area contributed by atoms with Crippen molar-refractivity contribution < 1.29 is 28.6 Å². The van der Waals surface area contributed by atoms with Gasteiger partial charge in [-0.2, -0.15) is 0 Å². The highest BCUT2D eigenvalue weighted by molar-refractivity contribution is 5.71. The summed E-state index contributed by atoms with van der Waals surface area (Å²) in [4.78, 5) is 38.5. The molecular formula is C77H138O6. The van der Waals surface area contributed by atoms with E-state index in [4.69, 9.17) is 14.2 Å². The fourth-order valence-electron chi connectivity index (χ4n) is 10.7. The maximum Gasteiger partial charge on any atom is 0.306 e. The maximum absolute atomic E-state index is 13.0. The molecule has 0 radical (unpaired) electrons. The van der Waals surface area contributed by atoms with Gasteiger partial charge in [-0.25, -0.2) is 0 Å². The van der Waals surface area contributed by atoms with E-state index < -0.39 is 6.10 Å². The first-order valence-corrected chi connectivity index (χ1v) is 36.4. The van der Waals surface area contributed by atoms with Crippen LogP contribution < -0.4 is 0 Å². The maximum atomic E-state index is 13.0. The predicted molar refractivity (Wildman–Crippen MR) is 362 cm³/mol. The van der Waals surface area contributed by atoms with Gasteiger partial charge in [0.25, 0.3) is 0 Å². The van der Waals surface area contributed by atoms with Gasteiger partial charge in [-0.1, -0.05) is 318 Å². The molecule has 0 aliphatic rings. The zero-order valence-electron chi connectivity index (χ0n) is 55.5. The summed E-state index contributed by atoms with van der Waals surface area (Å²) in [5.74, 6) is -0.874. The summed E-state index contributed by atoms with van der Waals surface area (Å²) in [6.45, 7) is 6.65. The van der Waals surface area contributed by atoms with Crippen LogP contribution >= 0.6 is 0 Å². The third kappa shape index (κ3) is 69.5. The second kappa shape index (κ2) is 71.3. The van der Waals surface area contributed by atoms with Crippen LogP contribution in [0.2, 0.25) is 0 Å². The molecule has 482 valence electrons. The number of hydrogen-bond acceptors (Lipinski definition) is 6. The molecule has 0 aromatic rings. The van der Waals surface area contributed by atoms with E-state index in [-0.39, 0.29) is 31.1 Å². The number of esters is 3. The summed E-state index contributed by atoms with van der Waals surface area (Å²) in [6.07, 6.45) is 93.5. The van der Waals surface area contributed by atoms with Crippen molar-refractivity contribution in [3.8, 4) is 0 Å². The largest absolute Gasteiger partial charge is 0.462 e. The van der Waals surface area contributed by atoms with Crippen molar-refractivity contribution in [3.05, 3.63) is 72.9 Å². The molecule has 0 aliphatic carbocycles. The van der Waals surface area contributed by atoms with Crippen LogP contribution in [0.5, 0.6) is 0 Å². The molecule has 0 N–H and O–H groups in total. The summed E-state index contributed by atoms with van der Waals surface area (Å²) < 4.78 is 17.0. The molecule has 0 saturated heterocycles. The molecule has 0 aromatic carbocycles. The van der Waals surface area contributed by atoms with Gasteiger partial charge in [0.2, 0.25) is 0 Å². The van der Waals surface area contributed by atoms with Crippen LogP contribution in [0.15, 0.2) is 72.9 Å². The molecule has 0 rings (SSSR count). The Hall–Kier alpha value is -3.15. The highest BCUT2D eigenvalue weighted by atomic mass is 16.6. The van der Waals surface area contributed by atoms with E-state index in [2.05, 4.69) is 93.7 Å². The number of rotatable bonds is 67. The Morgan fingerprint density at radius 1 is 0.241 bits per heavy atom. The van der Waals surface area contributed by atoms with E-state index in [1.807, 2.05) is 0 Å². The molecule has 0 spiro atoms. The van der Waals surface area contributed by atoms with Crippen molar-refractivity contribution in [2.24, 2.45) is 0 Å². The van der Waals surface area contributed by atoms with Crippen LogP contribution in [0.4, 0.5) is 0 Å². The highest BCUT2D eigenvalue weighted by Crippen LogP contribution is 2.17. The van der Waals surface area contributed by atoms with Gasteiger partial charge in [0.1, 0.15) is 13.2 Å². The van der Waals surface area contributed by atoms with Crippen LogP contribution in [0.25, 0.3) is 0 Å². The summed E-state index contributed by atoms with van der Waals surface area (Å²) in [5.41, 5.74) is 0. The fraction of sp³-hybridized carbons (Fsp3) is 0.805. The minimum Gasteiger partial charge on any atom is -0.462 e. The summed E-state index contributed by atoms with van der Waals surface area (Å²) in [7, 11) is 0. The third-order valence-electron chi connectivity index (χ3n) is 16.2. The molecule has 0 fully saturated rings. The van der Waals surface area contributed by atoms with E-state index in [9.17, 15) is 14.4 Å². The topological polar surface area (TPSA) is 78.9 Å². The lowest BCUT2D eigenvalue weighted by Gasteiger charge is -2.18. The lowest BCUT2D eigenvalue weighted by molar-refractivity contribution is -0.167. The molecule has 0 heterocycles. The number of carbonyl (C=O) groups excluding carboxylic acids is 3. The van der Waals surface area contributed by atoms with E-state index in [0.717, 1.165) is 83.5 Å². The minimum absolute atomic E-state index is 0.0790. The third-order valence-corrected chi connectivity index (χ3v) is 16.2. The van der Waals surface area contributed by atoms with Crippen molar-refractivity contribution in [1.29, 1.82) is 0 Å². The Kier molecular flexibility index (Phi) is 68.6. The number of allylic oxidation sites excluding steroid dienone is 12. The molecule has 0 saturated carbocycles. The molecule has 0 bridgehead atoms. The Morgan fingerprint density at radius 3 is 0.711 bits per heavy atom. The van der Waals surface area contributed by atoms with Crippen LogP contribution in [0.1, 0.15) is 380 Å². The summed E-state index contributed by atoms with van der Waals surface area (Å²) >= 11 is 0. The minimum atomic E-state index is -0.786. The first-order valence-electron chi connectivity index (χ1n) is 36.4. The van der Waals surface area contributed by atoms with Gasteiger partial charge in [0.05, 0.1) is 0 Å². The van der Waals surface area contributed by atoms with Crippen molar-refractivity contribution in [2.45, 2.75) is 386 Å². The van der Waals surface area contributed by atoms with Gasteiger partial charge in [-0.15, -0.1) is 0 Å². The Morgan fingerprint density at radius 2 is 0.434 bits per heavy atom. The zero-order chi connectivity index (χ0) is 59.9. The molecular weight excluding hydrogens is 1020 g/mol. The molecule has 6 heteroatoms. The standard InChI is InChI=1S/C77H138O6/c1-4-7-10-13-16-19-22-25-28-31-34-36-37-38-39-41-43-46-49-52-55-58-61-64-67-70-76(79)82-73-74(72-81-75(78)69-66-63-60-57-54-51-48-45-42-33-30-27-24-21-18-15-12-9-6-3)83-77(80)71-68-65-62-59-56-53-50-47-44-40-35-32-29-26-23-20-17-14-11-8-5-2/h18,21,23,26-27,30-32,34-35,42,45,74H,4-17,19-20,22,24-25,28-29,33,36-41,43-44,46-73H2,1-3H3/b21-18-,26-23-,30-27-,34-31-,35-32-,45-42-. The Bertz CT molecular complexity index is 1520. The van der Waals surface area contributed by atoms with Crippen molar-refractivity contribution in [2.75, 3.05) is 13.2 Å². The first-order chi connectivity index (χ1) is 41.0. The van der Waals surface area contributed by atoms with E-state index in [1.165, 1.54) is 257 Å². The van der Waals surface area contributed by atoms with Gasteiger partial charge in [0.15, 0.2) is 6.10 Å². The predicted octanol–water partition coefficient (Wildman–Crippen LogP) is 25.2. The van der Waals surface area contributed by atoms with Gasteiger partial charge in [0, 0.05) is 19.3 Å².